The number of carbonyl (C=O) groups excluding carboxylic acids is 2. The molecule has 4 nitrogen and oxygen atoms in total. The highest BCUT2D eigenvalue weighted by Gasteiger charge is 2.22. The van der Waals surface area contributed by atoms with Gasteiger partial charge in [-0.1, -0.05) is 25.3 Å². The highest BCUT2D eigenvalue weighted by molar-refractivity contribution is 7.12. The Labute approximate surface area is 124 Å². The van der Waals surface area contributed by atoms with E-state index in [9.17, 15) is 9.59 Å². The smallest absolute Gasteiger partial charge is 0.261 e. The summed E-state index contributed by atoms with van der Waals surface area (Å²) in [5, 5.41) is 4.77. The fourth-order valence-corrected chi connectivity index (χ4v) is 3.41. The van der Waals surface area contributed by atoms with E-state index in [1.165, 1.54) is 30.6 Å². The van der Waals surface area contributed by atoms with E-state index in [-0.39, 0.29) is 11.8 Å². The number of nitrogens with zero attached hydrogens (tertiary/aromatic N) is 1. The molecular formula is C15H22N2O2S. The highest BCUT2D eigenvalue weighted by Crippen LogP contribution is 2.22. The maximum Gasteiger partial charge on any atom is 0.261 e. The van der Waals surface area contributed by atoms with Gasteiger partial charge < -0.3 is 10.2 Å². The molecule has 1 aromatic rings. The molecule has 1 saturated carbocycles. The van der Waals surface area contributed by atoms with Crippen LogP contribution in [0.15, 0.2) is 17.5 Å². The predicted molar refractivity (Wildman–Crippen MR) is 80.9 cm³/mol. The summed E-state index contributed by atoms with van der Waals surface area (Å²) in [6.07, 6.45) is 5.88. The molecule has 0 spiro atoms. The van der Waals surface area contributed by atoms with Crippen molar-refractivity contribution >= 4 is 23.2 Å². The predicted octanol–water partition coefficient (Wildman–Crippen LogP) is 2.66. The number of rotatable bonds is 5. The van der Waals surface area contributed by atoms with Crippen molar-refractivity contribution in [3.05, 3.63) is 22.4 Å². The Hall–Kier alpha value is -1.36. The van der Waals surface area contributed by atoms with Crippen molar-refractivity contribution in [3.8, 4) is 0 Å². The Morgan fingerprint density at radius 2 is 2.10 bits per heavy atom. The van der Waals surface area contributed by atoms with Gasteiger partial charge in [0, 0.05) is 26.1 Å². The summed E-state index contributed by atoms with van der Waals surface area (Å²) in [7, 11) is 0. The summed E-state index contributed by atoms with van der Waals surface area (Å²) in [5.41, 5.74) is 0. The van der Waals surface area contributed by atoms with Crippen LogP contribution in [0.4, 0.5) is 0 Å². The molecule has 5 heteroatoms. The lowest BCUT2D eigenvalue weighted by Gasteiger charge is -2.33. The van der Waals surface area contributed by atoms with Crippen LogP contribution in [0.3, 0.4) is 0 Å². The van der Waals surface area contributed by atoms with E-state index in [1.807, 2.05) is 22.4 Å². The van der Waals surface area contributed by atoms with Gasteiger partial charge in [-0.15, -0.1) is 11.3 Å². The van der Waals surface area contributed by atoms with E-state index in [1.54, 1.807) is 6.92 Å². The van der Waals surface area contributed by atoms with Gasteiger partial charge in [0.1, 0.15) is 0 Å². The molecule has 0 radical (unpaired) electrons. The maximum absolute atomic E-state index is 11.8. The van der Waals surface area contributed by atoms with Crippen molar-refractivity contribution in [2.24, 2.45) is 0 Å². The molecule has 1 aliphatic rings. The standard InChI is InChI=1S/C15H22N2O2S/c1-12(18)17(13-6-3-2-4-7-13)10-9-16-15(19)14-8-5-11-20-14/h5,8,11,13H,2-4,6-7,9-10H2,1H3,(H,16,19). The zero-order valence-corrected chi connectivity index (χ0v) is 12.7. The molecule has 1 aromatic heterocycles. The monoisotopic (exact) mass is 294 g/mol. The van der Waals surface area contributed by atoms with Crippen LogP contribution in [0.1, 0.15) is 48.7 Å². The lowest BCUT2D eigenvalue weighted by molar-refractivity contribution is -0.131. The third-order valence-corrected chi connectivity index (χ3v) is 4.67. The fourth-order valence-electron chi connectivity index (χ4n) is 2.77. The van der Waals surface area contributed by atoms with Crippen molar-refractivity contribution in [2.75, 3.05) is 13.1 Å². The summed E-state index contributed by atoms with van der Waals surface area (Å²) in [6, 6.07) is 4.03. The minimum Gasteiger partial charge on any atom is -0.350 e. The quantitative estimate of drug-likeness (QED) is 0.907. The van der Waals surface area contributed by atoms with Gasteiger partial charge in [0.25, 0.3) is 5.91 Å². The first-order valence-corrected chi connectivity index (χ1v) is 8.15. The molecule has 0 unspecified atom stereocenters. The molecule has 1 aliphatic carbocycles. The van der Waals surface area contributed by atoms with Crippen LogP contribution in [0.5, 0.6) is 0 Å². The van der Waals surface area contributed by atoms with Crippen molar-refractivity contribution in [3.63, 3.8) is 0 Å². The highest BCUT2D eigenvalue weighted by atomic mass is 32.1. The molecule has 0 bridgehead atoms. The number of hydrogen-bond acceptors (Lipinski definition) is 3. The van der Waals surface area contributed by atoms with E-state index in [4.69, 9.17) is 0 Å². The third-order valence-electron chi connectivity index (χ3n) is 3.80. The molecule has 0 saturated heterocycles. The molecule has 0 aromatic carbocycles. The second-order valence-corrected chi connectivity index (χ2v) is 6.19. The molecule has 1 fully saturated rings. The average molecular weight is 294 g/mol. The third kappa shape index (κ3) is 4.07. The number of hydrogen-bond donors (Lipinski definition) is 1. The van der Waals surface area contributed by atoms with Crippen LogP contribution in [0, 0.1) is 0 Å². The number of thiophene rings is 1. The van der Waals surface area contributed by atoms with Gasteiger partial charge in [0.2, 0.25) is 5.91 Å². The van der Waals surface area contributed by atoms with Crippen molar-refractivity contribution in [2.45, 2.75) is 45.1 Å². The summed E-state index contributed by atoms with van der Waals surface area (Å²) in [6.45, 7) is 2.75. The van der Waals surface area contributed by atoms with Crippen LogP contribution >= 0.6 is 11.3 Å². The van der Waals surface area contributed by atoms with Gasteiger partial charge in [-0.05, 0) is 24.3 Å². The van der Waals surface area contributed by atoms with E-state index < -0.39 is 0 Å². The molecule has 0 aliphatic heterocycles. The van der Waals surface area contributed by atoms with Gasteiger partial charge in [0.15, 0.2) is 0 Å². The van der Waals surface area contributed by atoms with Crippen molar-refractivity contribution < 1.29 is 9.59 Å². The summed E-state index contributed by atoms with van der Waals surface area (Å²) in [4.78, 5) is 26.2. The molecule has 110 valence electrons. The van der Waals surface area contributed by atoms with Crippen LogP contribution in [-0.4, -0.2) is 35.8 Å². The second-order valence-electron chi connectivity index (χ2n) is 5.24. The largest absolute Gasteiger partial charge is 0.350 e. The van der Waals surface area contributed by atoms with E-state index in [0.29, 0.717) is 19.1 Å². The van der Waals surface area contributed by atoms with Gasteiger partial charge in [-0.25, -0.2) is 0 Å². The molecule has 0 atom stereocenters. The number of nitrogens with one attached hydrogen (secondary N) is 1. The van der Waals surface area contributed by atoms with E-state index in [2.05, 4.69) is 5.32 Å². The average Bonchev–Trinajstić information content (AvgIpc) is 2.98. The first kappa shape index (κ1) is 15.0. The molecular weight excluding hydrogens is 272 g/mol. The number of carbonyl (C=O) groups is 2. The first-order valence-electron chi connectivity index (χ1n) is 7.27. The van der Waals surface area contributed by atoms with Crippen LogP contribution in [0.2, 0.25) is 0 Å². The second kappa shape index (κ2) is 7.43. The Balaban J connectivity index is 1.80. The lowest BCUT2D eigenvalue weighted by atomic mass is 9.94. The zero-order chi connectivity index (χ0) is 14.4. The van der Waals surface area contributed by atoms with E-state index >= 15 is 0 Å². The lowest BCUT2D eigenvalue weighted by Crippen LogP contribution is -2.44. The molecule has 1 N–H and O–H groups in total. The van der Waals surface area contributed by atoms with Gasteiger partial charge in [0.05, 0.1) is 4.88 Å². The van der Waals surface area contributed by atoms with Crippen LogP contribution < -0.4 is 5.32 Å². The van der Waals surface area contributed by atoms with Gasteiger partial charge in [-0.3, -0.25) is 9.59 Å². The molecule has 20 heavy (non-hydrogen) atoms. The Morgan fingerprint density at radius 3 is 2.70 bits per heavy atom. The zero-order valence-electron chi connectivity index (χ0n) is 11.9. The molecule has 2 rings (SSSR count). The molecule has 2 amide bonds. The van der Waals surface area contributed by atoms with Gasteiger partial charge >= 0.3 is 0 Å². The van der Waals surface area contributed by atoms with Crippen molar-refractivity contribution in [1.29, 1.82) is 0 Å². The summed E-state index contributed by atoms with van der Waals surface area (Å²) >= 11 is 1.43. The SMILES string of the molecule is CC(=O)N(CCNC(=O)c1cccs1)C1CCCCC1. The molecule has 1 heterocycles. The summed E-state index contributed by atoms with van der Waals surface area (Å²) < 4.78 is 0. The Morgan fingerprint density at radius 1 is 1.35 bits per heavy atom. The van der Waals surface area contributed by atoms with Crippen LogP contribution in [0.25, 0.3) is 0 Å². The Bertz CT molecular complexity index is 439. The number of amides is 2. The minimum atomic E-state index is -0.0489. The fraction of sp³-hybridized carbons (Fsp3) is 0.600. The minimum absolute atomic E-state index is 0.0489. The van der Waals surface area contributed by atoms with Gasteiger partial charge in [-0.2, -0.15) is 0 Å². The first-order chi connectivity index (χ1) is 9.68. The van der Waals surface area contributed by atoms with E-state index in [0.717, 1.165) is 17.7 Å². The maximum atomic E-state index is 11.8. The summed E-state index contributed by atoms with van der Waals surface area (Å²) in [5.74, 6) is 0.0643. The normalized spacial score (nSPS) is 15.8. The topological polar surface area (TPSA) is 49.4 Å². The van der Waals surface area contributed by atoms with Crippen LogP contribution in [-0.2, 0) is 4.79 Å². The van der Waals surface area contributed by atoms with Crippen molar-refractivity contribution in [1.82, 2.24) is 10.2 Å². The Kier molecular flexibility index (Phi) is 5.59.